The van der Waals surface area contributed by atoms with Crippen LogP contribution in [0, 0.1) is 11.3 Å². The molecule has 25 heavy (non-hydrogen) atoms. The molecule has 0 fully saturated rings. The van der Waals surface area contributed by atoms with E-state index in [4.69, 9.17) is 20.8 Å². The Bertz CT molecular complexity index is 898. The Kier molecular flexibility index (Phi) is 5.34. The van der Waals surface area contributed by atoms with Crippen molar-refractivity contribution in [2.45, 2.75) is 13.2 Å². The zero-order chi connectivity index (χ0) is 17.6. The second kappa shape index (κ2) is 7.84. The summed E-state index contributed by atoms with van der Waals surface area (Å²) >= 11 is 5.89. The van der Waals surface area contributed by atoms with Crippen molar-refractivity contribution in [3.05, 3.63) is 70.4 Å². The SMILES string of the molecule is COCc1cccc(CNc2oc(-c3ccc(Cl)cc3)nc2C#N)c1. The summed E-state index contributed by atoms with van der Waals surface area (Å²) in [6, 6.07) is 17.2. The lowest BCUT2D eigenvalue weighted by atomic mass is 10.1. The number of oxazole rings is 1. The van der Waals surface area contributed by atoms with Crippen LogP contribution in [0.2, 0.25) is 5.02 Å². The van der Waals surface area contributed by atoms with Gasteiger partial charge >= 0.3 is 0 Å². The summed E-state index contributed by atoms with van der Waals surface area (Å²) < 4.78 is 10.9. The van der Waals surface area contributed by atoms with Crippen molar-refractivity contribution in [2.75, 3.05) is 12.4 Å². The summed E-state index contributed by atoms with van der Waals surface area (Å²) in [6.45, 7) is 1.07. The van der Waals surface area contributed by atoms with E-state index < -0.39 is 0 Å². The predicted molar refractivity (Wildman–Crippen MR) is 96.1 cm³/mol. The first-order chi connectivity index (χ1) is 12.2. The molecule has 0 spiro atoms. The highest BCUT2D eigenvalue weighted by atomic mass is 35.5. The highest BCUT2D eigenvalue weighted by Crippen LogP contribution is 2.26. The molecule has 6 heteroatoms. The van der Waals surface area contributed by atoms with E-state index in [-0.39, 0.29) is 5.69 Å². The Labute approximate surface area is 150 Å². The molecule has 0 saturated carbocycles. The van der Waals surface area contributed by atoms with Crippen LogP contribution in [-0.4, -0.2) is 12.1 Å². The maximum absolute atomic E-state index is 9.28. The molecule has 0 bridgehead atoms. The number of nitrogens with one attached hydrogen (secondary N) is 1. The van der Waals surface area contributed by atoms with Gasteiger partial charge in [-0.3, -0.25) is 0 Å². The fourth-order valence-electron chi connectivity index (χ4n) is 2.41. The van der Waals surface area contributed by atoms with Gasteiger partial charge in [-0.1, -0.05) is 35.9 Å². The molecule has 1 heterocycles. The number of anilines is 1. The van der Waals surface area contributed by atoms with Gasteiger partial charge in [-0.15, -0.1) is 0 Å². The Morgan fingerprint density at radius 2 is 1.96 bits per heavy atom. The summed E-state index contributed by atoms with van der Waals surface area (Å²) in [4.78, 5) is 4.23. The van der Waals surface area contributed by atoms with Crippen molar-refractivity contribution in [3.8, 4) is 17.5 Å². The first kappa shape index (κ1) is 17.0. The molecule has 0 atom stereocenters. The van der Waals surface area contributed by atoms with E-state index in [2.05, 4.69) is 16.4 Å². The molecule has 2 aromatic carbocycles. The minimum absolute atomic E-state index is 0.220. The molecule has 0 aliphatic rings. The highest BCUT2D eigenvalue weighted by molar-refractivity contribution is 6.30. The number of ether oxygens (including phenoxy) is 1. The fourth-order valence-corrected chi connectivity index (χ4v) is 2.54. The number of aromatic nitrogens is 1. The molecule has 0 radical (unpaired) electrons. The van der Waals surface area contributed by atoms with Gasteiger partial charge in [0.25, 0.3) is 0 Å². The lowest BCUT2D eigenvalue weighted by Gasteiger charge is -2.06. The number of methoxy groups -OCH3 is 1. The van der Waals surface area contributed by atoms with Crippen LogP contribution in [0.15, 0.2) is 52.9 Å². The molecule has 0 amide bonds. The largest absolute Gasteiger partial charge is 0.419 e. The lowest BCUT2D eigenvalue weighted by molar-refractivity contribution is 0.185. The first-order valence-corrected chi connectivity index (χ1v) is 8.05. The first-order valence-electron chi connectivity index (χ1n) is 7.67. The number of rotatable bonds is 6. The monoisotopic (exact) mass is 353 g/mol. The number of nitriles is 1. The van der Waals surface area contributed by atoms with Gasteiger partial charge < -0.3 is 14.5 Å². The van der Waals surface area contributed by atoms with Crippen molar-refractivity contribution in [1.29, 1.82) is 5.26 Å². The number of benzene rings is 2. The molecule has 3 rings (SSSR count). The second-order valence-electron chi connectivity index (χ2n) is 5.42. The number of hydrogen-bond donors (Lipinski definition) is 1. The molecule has 0 unspecified atom stereocenters. The summed E-state index contributed by atoms with van der Waals surface area (Å²) in [5.41, 5.74) is 3.12. The van der Waals surface area contributed by atoms with E-state index in [9.17, 15) is 5.26 Å². The van der Waals surface area contributed by atoms with E-state index in [1.807, 2.05) is 24.3 Å². The summed E-state index contributed by atoms with van der Waals surface area (Å²) in [5.74, 6) is 0.730. The fraction of sp³-hybridized carbons (Fsp3) is 0.158. The molecule has 5 nitrogen and oxygen atoms in total. The van der Waals surface area contributed by atoms with Crippen molar-refractivity contribution < 1.29 is 9.15 Å². The maximum atomic E-state index is 9.28. The Morgan fingerprint density at radius 1 is 1.20 bits per heavy atom. The van der Waals surface area contributed by atoms with E-state index in [0.717, 1.165) is 16.7 Å². The molecular formula is C19H16ClN3O2. The van der Waals surface area contributed by atoms with E-state index in [1.54, 1.807) is 31.4 Å². The standard InChI is InChI=1S/C19H16ClN3O2/c1-24-12-14-4-2-3-13(9-14)11-22-19-17(10-21)23-18(25-19)15-5-7-16(20)8-6-15/h2-9,22H,11-12H2,1H3. The number of halogens is 1. The third kappa shape index (κ3) is 4.18. The molecule has 0 saturated heterocycles. The lowest BCUT2D eigenvalue weighted by Crippen LogP contribution is -2.00. The Balaban J connectivity index is 1.77. The Hall–Kier alpha value is -2.81. The molecule has 1 aromatic heterocycles. The third-order valence-electron chi connectivity index (χ3n) is 3.58. The maximum Gasteiger partial charge on any atom is 0.232 e. The quantitative estimate of drug-likeness (QED) is 0.699. The van der Waals surface area contributed by atoms with Gasteiger partial charge in [-0.25, -0.2) is 0 Å². The average molecular weight is 354 g/mol. The van der Waals surface area contributed by atoms with Crippen LogP contribution >= 0.6 is 11.6 Å². The molecule has 0 aliphatic heterocycles. The van der Waals surface area contributed by atoms with Crippen molar-refractivity contribution in [3.63, 3.8) is 0 Å². The highest BCUT2D eigenvalue weighted by Gasteiger charge is 2.14. The van der Waals surface area contributed by atoms with E-state index in [1.165, 1.54) is 0 Å². The van der Waals surface area contributed by atoms with Crippen LogP contribution < -0.4 is 5.32 Å². The summed E-state index contributed by atoms with van der Waals surface area (Å²) in [7, 11) is 1.66. The van der Waals surface area contributed by atoms with Crippen LogP contribution in [0.3, 0.4) is 0 Å². The minimum atomic E-state index is 0.220. The van der Waals surface area contributed by atoms with E-state index in [0.29, 0.717) is 29.9 Å². The van der Waals surface area contributed by atoms with Gasteiger partial charge in [-0.2, -0.15) is 10.2 Å². The normalized spacial score (nSPS) is 10.4. The van der Waals surface area contributed by atoms with Gasteiger partial charge in [-0.05, 0) is 35.4 Å². The van der Waals surface area contributed by atoms with Crippen LogP contribution in [0.4, 0.5) is 5.88 Å². The molecule has 0 aliphatic carbocycles. The number of hydrogen-bond acceptors (Lipinski definition) is 5. The van der Waals surface area contributed by atoms with Gasteiger partial charge in [0.1, 0.15) is 6.07 Å². The molecule has 3 aromatic rings. The molecule has 126 valence electrons. The van der Waals surface area contributed by atoms with Gasteiger partial charge in [0.05, 0.1) is 6.61 Å². The smallest absolute Gasteiger partial charge is 0.232 e. The number of nitrogens with zero attached hydrogens (tertiary/aromatic N) is 2. The molecular weight excluding hydrogens is 338 g/mol. The van der Waals surface area contributed by atoms with Gasteiger partial charge in [0.2, 0.25) is 17.5 Å². The van der Waals surface area contributed by atoms with Crippen molar-refractivity contribution in [1.82, 2.24) is 4.98 Å². The summed E-state index contributed by atoms with van der Waals surface area (Å²) in [5, 5.41) is 13.0. The van der Waals surface area contributed by atoms with Crippen LogP contribution in [0.5, 0.6) is 0 Å². The zero-order valence-corrected chi connectivity index (χ0v) is 14.4. The minimum Gasteiger partial charge on any atom is -0.419 e. The molecule has 1 N–H and O–H groups in total. The van der Waals surface area contributed by atoms with Gasteiger partial charge in [0, 0.05) is 24.2 Å². The summed E-state index contributed by atoms with van der Waals surface area (Å²) in [6.07, 6.45) is 0. The van der Waals surface area contributed by atoms with Crippen LogP contribution in [-0.2, 0) is 17.9 Å². The second-order valence-corrected chi connectivity index (χ2v) is 5.86. The zero-order valence-electron chi connectivity index (χ0n) is 13.6. The van der Waals surface area contributed by atoms with E-state index >= 15 is 0 Å². The van der Waals surface area contributed by atoms with Crippen LogP contribution in [0.1, 0.15) is 16.8 Å². The topological polar surface area (TPSA) is 71.1 Å². The third-order valence-corrected chi connectivity index (χ3v) is 3.83. The average Bonchev–Trinajstić information content (AvgIpc) is 3.04. The Morgan fingerprint density at radius 3 is 2.68 bits per heavy atom. The van der Waals surface area contributed by atoms with Crippen molar-refractivity contribution in [2.24, 2.45) is 0 Å². The predicted octanol–water partition coefficient (Wildman–Crippen LogP) is 4.63. The van der Waals surface area contributed by atoms with Crippen molar-refractivity contribution >= 4 is 17.5 Å². The van der Waals surface area contributed by atoms with Crippen LogP contribution in [0.25, 0.3) is 11.5 Å². The van der Waals surface area contributed by atoms with Gasteiger partial charge in [0.15, 0.2) is 0 Å².